The summed E-state index contributed by atoms with van der Waals surface area (Å²) in [7, 11) is 0. The Labute approximate surface area is 92.6 Å². The molecule has 5 heteroatoms. The molecular formula is C10H12ClFN2O. The molecule has 0 bridgehead atoms. The number of carbonyl (C=O) groups is 1. The Balaban J connectivity index is 2.60. The Morgan fingerprint density at radius 2 is 2.27 bits per heavy atom. The number of halogens is 2. The van der Waals surface area contributed by atoms with Crippen LogP contribution in [-0.4, -0.2) is 19.0 Å². The third-order valence-electron chi connectivity index (χ3n) is 1.74. The van der Waals surface area contributed by atoms with Gasteiger partial charge in [0.2, 0.25) is 5.91 Å². The molecule has 1 aromatic carbocycles. The summed E-state index contributed by atoms with van der Waals surface area (Å²) in [6, 6.07) is 3.83. The zero-order chi connectivity index (χ0) is 11.3. The SMILES string of the molecule is CCNCC(=O)Nc1ccc(F)cc1Cl. The summed E-state index contributed by atoms with van der Waals surface area (Å²) < 4.78 is 12.7. The summed E-state index contributed by atoms with van der Waals surface area (Å²) in [5, 5.41) is 5.64. The molecule has 2 N–H and O–H groups in total. The van der Waals surface area contributed by atoms with Crippen LogP contribution in [0.25, 0.3) is 0 Å². The van der Waals surface area contributed by atoms with Gasteiger partial charge in [0.1, 0.15) is 5.82 Å². The predicted octanol–water partition coefficient (Wildman–Crippen LogP) is 2.03. The van der Waals surface area contributed by atoms with Crippen LogP contribution in [-0.2, 0) is 4.79 Å². The number of rotatable bonds is 4. The standard InChI is InChI=1S/C10H12ClFN2O/c1-2-13-6-10(15)14-9-4-3-7(12)5-8(9)11/h3-5,13H,2,6H2,1H3,(H,14,15). The van der Waals surface area contributed by atoms with Gasteiger partial charge < -0.3 is 10.6 Å². The highest BCUT2D eigenvalue weighted by Crippen LogP contribution is 2.21. The molecule has 0 aliphatic rings. The van der Waals surface area contributed by atoms with Crippen molar-refractivity contribution in [2.45, 2.75) is 6.92 Å². The number of benzene rings is 1. The predicted molar refractivity (Wildman–Crippen MR) is 58.6 cm³/mol. The fourth-order valence-corrected chi connectivity index (χ4v) is 1.24. The maximum atomic E-state index is 12.7. The molecule has 0 unspecified atom stereocenters. The number of anilines is 1. The van der Waals surface area contributed by atoms with Crippen molar-refractivity contribution in [1.29, 1.82) is 0 Å². The minimum absolute atomic E-state index is 0.194. The molecule has 3 nitrogen and oxygen atoms in total. The Morgan fingerprint density at radius 1 is 1.53 bits per heavy atom. The van der Waals surface area contributed by atoms with Crippen molar-refractivity contribution < 1.29 is 9.18 Å². The minimum Gasteiger partial charge on any atom is -0.324 e. The van der Waals surface area contributed by atoms with E-state index in [0.717, 1.165) is 6.07 Å². The van der Waals surface area contributed by atoms with Gasteiger partial charge in [-0.1, -0.05) is 18.5 Å². The van der Waals surface area contributed by atoms with Crippen molar-refractivity contribution in [3.63, 3.8) is 0 Å². The maximum absolute atomic E-state index is 12.7. The molecular weight excluding hydrogens is 219 g/mol. The largest absolute Gasteiger partial charge is 0.324 e. The van der Waals surface area contributed by atoms with Crippen LogP contribution < -0.4 is 10.6 Å². The van der Waals surface area contributed by atoms with E-state index in [1.807, 2.05) is 6.92 Å². The molecule has 15 heavy (non-hydrogen) atoms. The Kier molecular flexibility index (Phi) is 4.52. The molecule has 0 fully saturated rings. The summed E-state index contributed by atoms with van der Waals surface area (Å²) in [6.07, 6.45) is 0. The van der Waals surface area contributed by atoms with E-state index in [0.29, 0.717) is 12.2 Å². The smallest absolute Gasteiger partial charge is 0.238 e. The van der Waals surface area contributed by atoms with E-state index in [9.17, 15) is 9.18 Å². The summed E-state index contributed by atoms with van der Waals surface area (Å²) in [5.41, 5.74) is 0.418. The van der Waals surface area contributed by atoms with Crippen LogP contribution in [0.15, 0.2) is 18.2 Å². The first-order chi connectivity index (χ1) is 7.13. The molecule has 0 aliphatic heterocycles. The van der Waals surface area contributed by atoms with Gasteiger partial charge in [-0.25, -0.2) is 4.39 Å². The maximum Gasteiger partial charge on any atom is 0.238 e. The lowest BCUT2D eigenvalue weighted by Gasteiger charge is -2.07. The van der Waals surface area contributed by atoms with Gasteiger partial charge in [-0.3, -0.25) is 4.79 Å². The molecule has 82 valence electrons. The molecule has 1 amide bonds. The monoisotopic (exact) mass is 230 g/mol. The van der Waals surface area contributed by atoms with Crippen LogP contribution in [0.2, 0.25) is 5.02 Å². The first kappa shape index (κ1) is 11.9. The summed E-state index contributed by atoms with van der Waals surface area (Å²) in [4.78, 5) is 11.3. The summed E-state index contributed by atoms with van der Waals surface area (Å²) in [5.74, 6) is -0.630. The molecule has 0 saturated carbocycles. The number of amides is 1. The molecule has 0 saturated heterocycles. The van der Waals surface area contributed by atoms with Crippen LogP contribution in [0.3, 0.4) is 0 Å². The molecule has 0 aliphatic carbocycles. The van der Waals surface area contributed by atoms with Crippen LogP contribution in [0.4, 0.5) is 10.1 Å². The normalized spacial score (nSPS) is 10.1. The van der Waals surface area contributed by atoms with Gasteiger partial charge >= 0.3 is 0 Å². The highest BCUT2D eigenvalue weighted by atomic mass is 35.5. The summed E-state index contributed by atoms with van der Waals surface area (Å²) in [6.45, 7) is 2.83. The number of carbonyl (C=O) groups excluding carboxylic acids is 1. The molecule has 0 spiro atoms. The quantitative estimate of drug-likeness (QED) is 0.831. The van der Waals surface area contributed by atoms with Crippen LogP contribution in [0.5, 0.6) is 0 Å². The van der Waals surface area contributed by atoms with E-state index in [4.69, 9.17) is 11.6 Å². The van der Waals surface area contributed by atoms with Crippen molar-refractivity contribution in [2.24, 2.45) is 0 Å². The lowest BCUT2D eigenvalue weighted by molar-refractivity contribution is -0.115. The van der Waals surface area contributed by atoms with Gasteiger partial charge in [-0.15, -0.1) is 0 Å². The molecule has 0 radical (unpaired) electrons. The molecule has 0 heterocycles. The van der Waals surface area contributed by atoms with Crippen molar-refractivity contribution in [1.82, 2.24) is 5.32 Å². The Hall–Kier alpha value is -1.13. The minimum atomic E-state index is -0.426. The van der Waals surface area contributed by atoms with Crippen LogP contribution in [0, 0.1) is 5.82 Å². The second kappa shape index (κ2) is 5.68. The average molecular weight is 231 g/mol. The number of hydrogen-bond acceptors (Lipinski definition) is 2. The zero-order valence-electron chi connectivity index (χ0n) is 8.31. The second-order valence-electron chi connectivity index (χ2n) is 2.95. The van der Waals surface area contributed by atoms with Crippen LogP contribution >= 0.6 is 11.6 Å². The average Bonchev–Trinajstić information content (AvgIpc) is 2.19. The van der Waals surface area contributed by atoms with Crippen molar-refractivity contribution >= 4 is 23.2 Å². The lowest BCUT2D eigenvalue weighted by atomic mass is 10.3. The van der Waals surface area contributed by atoms with E-state index in [-0.39, 0.29) is 17.5 Å². The van der Waals surface area contributed by atoms with Crippen molar-refractivity contribution in [3.8, 4) is 0 Å². The summed E-state index contributed by atoms with van der Waals surface area (Å²) >= 11 is 5.73. The zero-order valence-corrected chi connectivity index (χ0v) is 9.07. The van der Waals surface area contributed by atoms with Gasteiger partial charge in [0.25, 0.3) is 0 Å². The van der Waals surface area contributed by atoms with E-state index in [1.54, 1.807) is 0 Å². The fourth-order valence-electron chi connectivity index (χ4n) is 1.02. The Morgan fingerprint density at radius 3 is 2.87 bits per heavy atom. The topological polar surface area (TPSA) is 41.1 Å². The first-order valence-electron chi connectivity index (χ1n) is 4.59. The first-order valence-corrected chi connectivity index (χ1v) is 4.97. The third-order valence-corrected chi connectivity index (χ3v) is 2.05. The molecule has 1 aromatic rings. The Bertz CT molecular complexity index is 357. The van der Waals surface area contributed by atoms with E-state index < -0.39 is 5.82 Å². The molecule has 0 atom stereocenters. The van der Waals surface area contributed by atoms with Crippen molar-refractivity contribution in [3.05, 3.63) is 29.0 Å². The van der Waals surface area contributed by atoms with E-state index >= 15 is 0 Å². The number of nitrogens with one attached hydrogen (secondary N) is 2. The van der Waals surface area contributed by atoms with Gasteiger partial charge in [0, 0.05) is 0 Å². The highest BCUT2D eigenvalue weighted by Gasteiger charge is 2.05. The molecule has 0 aromatic heterocycles. The fraction of sp³-hybridized carbons (Fsp3) is 0.300. The number of likely N-dealkylation sites (N-methyl/N-ethyl adjacent to an activating group) is 1. The highest BCUT2D eigenvalue weighted by molar-refractivity contribution is 6.33. The lowest BCUT2D eigenvalue weighted by Crippen LogP contribution is -2.27. The number of hydrogen-bond donors (Lipinski definition) is 2. The van der Waals surface area contributed by atoms with Gasteiger partial charge in [-0.05, 0) is 24.7 Å². The van der Waals surface area contributed by atoms with Crippen LogP contribution in [0.1, 0.15) is 6.92 Å². The van der Waals surface area contributed by atoms with Gasteiger partial charge in [0.05, 0.1) is 17.3 Å². The second-order valence-corrected chi connectivity index (χ2v) is 3.36. The van der Waals surface area contributed by atoms with E-state index in [1.165, 1.54) is 12.1 Å². The van der Waals surface area contributed by atoms with Gasteiger partial charge in [-0.2, -0.15) is 0 Å². The van der Waals surface area contributed by atoms with Gasteiger partial charge in [0.15, 0.2) is 0 Å². The third kappa shape index (κ3) is 3.85. The van der Waals surface area contributed by atoms with Crippen molar-refractivity contribution in [2.75, 3.05) is 18.4 Å². The van der Waals surface area contributed by atoms with E-state index in [2.05, 4.69) is 10.6 Å². The molecule has 1 rings (SSSR count).